The lowest BCUT2D eigenvalue weighted by molar-refractivity contribution is -0.122. The Hall–Kier alpha value is -1.69. The van der Waals surface area contributed by atoms with Crippen LogP contribution in [-0.4, -0.2) is 29.0 Å². The lowest BCUT2D eigenvalue weighted by Gasteiger charge is -2.33. The topological polar surface area (TPSA) is 58.4 Å². The fraction of sp³-hybridized carbons (Fsp3) is 0.429. The third-order valence-corrected chi connectivity index (χ3v) is 3.87. The van der Waals surface area contributed by atoms with E-state index in [4.69, 9.17) is 18.0 Å². The monoisotopic (exact) mass is 295 g/mol. The quantitative estimate of drug-likeness (QED) is 0.828. The molecule has 1 saturated heterocycles. The standard InChI is InChI=1S/C14H18FN3OS/c15-12-5-3-10(4-6-12)8-17-14(20)18-7-1-2-11(9-18)13(16)19/h3-6,11H,1-2,7-9H2,(H2,16,19)(H,17,20). The zero-order valence-corrected chi connectivity index (χ0v) is 12.0. The minimum absolute atomic E-state index is 0.130. The van der Waals surface area contributed by atoms with Crippen LogP contribution in [-0.2, 0) is 11.3 Å². The average molecular weight is 295 g/mol. The van der Waals surface area contributed by atoms with Crippen molar-refractivity contribution >= 4 is 23.2 Å². The molecule has 0 radical (unpaired) electrons. The van der Waals surface area contributed by atoms with E-state index in [1.165, 1.54) is 12.1 Å². The molecule has 1 aromatic carbocycles. The number of carbonyl (C=O) groups is 1. The zero-order valence-electron chi connectivity index (χ0n) is 11.1. The van der Waals surface area contributed by atoms with Gasteiger partial charge in [0.15, 0.2) is 5.11 Å². The highest BCUT2D eigenvalue weighted by Crippen LogP contribution is 2.16. The van der Waals surface area contributed by atoms with E-state index < -0.39 is 0 Å². The van der Waals surface area contributed by atoms with E-state index in [0.29, 0.717) is 18.2 Å². The van der Waals surface area contributed by atoms with E-state index >= 15 is 0 Å². The number of thiocarbonyl (C=S) groups is 1. The molecule has 1 heterocycles. The summed E-state index contributed by atoms with van der Waals surface area (Å²) < 4.78 is 12.8. The van der Waals surface area contributed by atoms with Crippen LogP contribution in [0.5, 0.6) is 0 Å². The second-order valence-electron chi connectivity index (χ2n) is 4.97. The van der Waals surface area contributed by atoms with Gasteiger partial charge in [-0.15, -0.1) is 0 Å². The Morgan fingerprint density at radius 2 is 2.15 bits per heavy atom. The Morgan fingerprint density at radius 1 is 1.45 bits per heavy atom. The average Bonchev–Trinajstić information content (AvgIpc) is 2.46. The van der Waals surface area contributed by atoms with Gasteiger partial charge in [-0.2, -0.15) is 0 Å². The van der Waals surface area contributed by atoms with Crippen LogP contribution < -0.4 is 11.1 Å². The van der Waals surface area contributed by atoms with Crippen molar-refractivity contribution in [3.8, 4) is 0 Å². The molecule has 1 fully saturated rings. The van der Waals surface area contributed by atoms with Crippen LogP contribution in [0, 0.1) is 11.7 Å². The molecule has 4 nitrogen and oxygen atoms in total. The molecule has 108 valence electrons. The number of carbonyl (C=O) groups excluding carboxylic acids is 1. The summed E-state index contributed by atoms with van der Waals surface area (Å²) in [5.74, 6) is -0.651. The molecule has 1 atom stereocenters. The van der Waals surface area contributed by atoms with E-state index in [1.54, 1.807) is 12.1 Å². The maximum absolute atomic E-state index is 12.8. The highest BCUT2D eigenvalue weighted by Gasteiger charge is 2.25. The van der Waals surface area contributed by atoms with Crippen LogP contribution in [0.15, 0.2) is 24.3 Å². The molecule has 1 aliphatic heterocycles. The number of hydrogen-bond acceptors (Lipinski definition) is 2. The first-order valence-corrected chi connectivity index (χ1v) is 7.03. The van der Waals surface area contributed by atoms with Gasteiger partial charge in [-0.05, 0) is 42.8 Å². The minimum Gasteiger partial charge on any atom is -0.369 e. The second-order valence-corrected chi connectivity index (χ2v) is 5.36. The lowest BCUT2D eigenvalue weighted by atomic mass is 9.98. The molecule has 1 amide bonds. The fourth-order valence-corrected chi connectivity index (χ4v) is 2.52. The van der Waals surface area contributed by atoms with Crippen LogP contribution in [0.1, 0.15) is 18.4 Å². The van der Waals surface area contributed by atoms with E-state index in [0.717, 1.165) is 24.9 Å². The summed E-state index contributed by atoms with van der Waals surface area (Å²) in [5.41, 5.74) is 6.30. The van der Waals surface area contributed by atoms with Crippen molar-refractivity contribution in [2.45, 2.75) is 19.4 Å². The summed E-state index contributed by atoms with van der Waals surface area (Å²) in [6.07, 6.45) is 1.73. The number of primary amides is 1. The Bertz CT molecular complexity index is 492. The predicted molar refractivity (Wildman–Crippen MR) is 79.3 cm³/mol. The lowest BCUT2D eigenvalue weighted by Crippen LogP contribution is -2.47. The van der Waals surface area contributed by atoms with Crippen LogP contribution in [0.25, 0.3) is 0 Å². The Morgan fingerprint density at radius 3 is 2.80 bits per heavy atom. The number of likely N-dealkylation sites (tertiary alicyclic amines) is 1. The number of hydrogen-bond donors (Lipinski definition) is 2. The van der Waals surface area contributed by atoms with Crippen LogP contribution in [0.2, 0.25) is 0 Å². The maximum Gasteiger partial charge on any atom is 0.222 e. The van der Waals surface area contributed by atoms with Gasteiger partial charge in [-0.25, -0.2) is 4.39 Å². The van der Waals surface area contributed by atoms with Gasteiger partial charge in [0.25, 0.3) is 0 Å². The highest BCUT2D eigenvalue weighted by molar-refractivity contribution is 7.80. The number of benzene rings is 1. The summed E-state index contributed by atoms with van der Waals surface area (Å²) in [4.78, 5) is 13.2. The van der Waals surface area contributed by atoms with Crippen LogP contribution in [0.3, 0.4) is 0 Å². The SMILES string of the molecule is NC(=O)C1CCCN(C(=S)NCc2ccc(F)cc2)C1. The molecule has 1 aromatic rings. The van der Waals surface area contributed by atoms with E-state index in [-0.39, 0.29) is 17.6 Å². The first kappa shape index (κ1) is 14.7. The molecule has 6 heteroatoms. The summed E-state index contributed by atoms with van der Waals surface area (Å²) in [7, 11) is 0. The van der Waals surface area contributed by atoms with Gasteiger partial charge in [0, 0.05) is 19.6 Å². The number of nitrogens with one attached hydrogen (secondary N) is 1. The van der Waals surface area contributed by atoms with Gasteiger partial charge in [0.1, 0.15) is 5.82 Å². The molecule has 1 aliphatic rings. The van der Waals surface area contributed by atoms with E-state index in [2.05, 4.69) is 5.32 Å². The fourth-order valence-electron chi connectivity index (χ4n) is 2.29. The molecule has 0 aromatic heterocycles. The maximum atomic E-state index is 12.8. The molecule has 0 aliphatic carbocycles. The highest BCUT2D eigenvalue weighted by atomic mass is 32.1. The number of nitrogens with zero attached hydrogens (tertiary/aromatic N) is 1. The van der Waals surface area contributed by atoms with Crippen molar-refractivity contribution in [3.05, 3.63) is 35.6 Å². The number of nitrogens with two attached hydrogens (primary N) is 1. The smallest absolute Gasteiger partial charge is 0.222 e. The molecule has 0 spiro atoms. The number of halogens is 1. The largest absolute Gasteiger partial charge is 0.369 e. The number of rotatable bonds is 3. The summed E-state index contributed by atoms with van der Waals surface area (Å²) in [5, 5.41) is 3.74. The second kappa shape index (κ2) is 6.65. The summed E-state index contributed by atoms with van der Waals surface area (Å²) >= 11 is 5.33. The molecular formula is C14H18FN3OS. The minimum atomic E-state index is -0.268. The van der Waals surface area contributed by atoms with Crippen molar-refractivity contribution in [2.24, 2.45) is 11.7 Å². The molecule has 1 unspecified atom stereocenters. The Kier molecular flexibility index (Phi) is 4.89. The molecule has 0 saturated carbocycles. The normalized spacial score (nSPS) is 18.6. The molecule has 20 heavy (non-hydrogen) atoms. The molecule has 2 rings (SSSR count). The van der Waals surface area contributed by atoms with Gasteiger partial charge < -0.3 is 16.0 Å². The van der Waals surface area contributed by atoms with Crippen LogP contribution in [0.4, 0.5) is 4.39 Å². The molecule has 0 bridgehead atoms. The van der Waals surface area contributed by atoms with Gasteiger partial charge in [0.2, 0.25) is 5.91 Å². The zero-order chi connectivity index (χ0) is 14.5. The molecular weight excluding hydrogens is 277 g/mol. The van der Waals surface area contributed by atoms with Gasteiger partial charge in [0.05, 0.1) is 5.92 Å². The van der Waals surface area contributed by atoms with E-state index in [9.17, 15) is 9.18 Å². The van der Waals surface area contributed by atoms with Crippen molar-refractivity contribution < 1.29 is 9.18 Å². The predicted octanol–water partition coefficient (Wildman–Crippen LogP) is 1.40. The van der Waals surface area contributed by atoms with Crippen molar-refractivity contribution in [1.82, 2.24) is 10.2 Å². The van der Waals surface area contributed by atoms with E-state index in [1.807, 2.05) is 4.90 Å². The van der Waals surface area contributed by atoms with Gasteiger partial charge in [-0.3, -0.25) is 4.79 Å². The van der Waals surface area contributed by atoms with Crippen molar-refractivity contribution in [1.29, 1.82) is 0 Å². The summed E-state index contributed by atoms with van der Waals surface area (Å²) in [6, 6.07) is 6.27. The Labute approximate surface area is 123 Å². The van der Waals surface area contributed by atoms with Gasteiger partial charge in [-0.1, -0.05) is 12.1 Å². The third-order valence-electron chi connectivity index (χ3n) is 3.47. The summed E-state index contributed by atoms with van der Waals surface area (Å²) in [6.45, 7) is 1.94. The molecule has 3 N–H and O–H groups in total. The van der Waals surface area contributed by atoms with Crippen molar-refractivity contribution in [3.63, 3.8) is 0 Å². The van der Waals surface area contributed by atoms with Gasteiger partial charge >= 0.3 is 0 Å². The third kappa shape index (κ3) is 3.90. The first-order chi connectivity index (χ1) is 9.56. The number of amides is 1. The number of piperidine rings is 1. The first-order valence-electron chi connectivity index (χ1n) is 6.63. The van der Waals surface area contributed by atoms with Crippen LogP contribution >= 0.6 is 12.2 Å². The Balaban J connectivity index is 1.85. The van der Waals surface area contributed by atoms with Crippen molar-refractivity contribution in [2.75, 3.05) is 13.1 Å².